The van der Waals surface area contributed by atoms with E-state index < -0.39 is 0 Å². The first kappa shape index (κ1) is 14.1. The lowest BCUT2D eigenvalue weighted by molar-refractivity contribution is -0.122. The molecule has 106 valence electrons. The molecule has 5 nitrogen and oxygen atoms in total. The molecular formula is C14H24N4O. The van der Waals surface area contributed by atoms with Gasteiger partial charge in [0.25, 0.3) is 0 Å². The highest BCUT2D eigenvalue weighted by Crippen LogP contribution is 2.28. The zero-order chi connectivity index (χ0) is 13.8. The van der Waals surface area contributed by atoms with Crippen LogP contribution in [0.2, 0.25) is 0 Å². The Balaban J connectivity index is 1.82. The Labute approximate surface area is 114 Å². The van der Waals surface area contributed by atoms with Crippen molar-refractivity contribution < 1.29 is 4.79 Å². The molecule has 1 atom stereocenters. The maximum absolute atomic E-state index is 11.5. The van der Waals surface area contributed by atoms with Gasteiger partial charge in [0.2, 0.25) is 5.91 Å². The molecule has 1 aromatic rings. The van der Waals surface area contributed by atoms with Crippen molar-refractivity contribution in [1.29, 1.82) is 0 Å². The van der Waals surface area contributed by atoms with Crippen molar-refractivity contribution in [2.75, 3.05) is 6.54 Å². The summed E-state index contributed by atoms with van der Waals surface area (Å²) in [5, 5.41) is 2.96. The average molecular weight is 264 g/mol. The number of hydrogen-bond donors (Lipinski definition) is 2. The van der Waals surface area contributed by atoms with E-state index in [4.69, 9.17) is 5.73 Å². The van der Waals surface area contributed by atoms with Crippen molar-refractivity contribution in [2.24, 2.45) is 17.6 Å². The fourth-order valence-electron chi connectivity index (χ4n) is 2.24. The molecule has 1 aromatic heterocycles. The van der Waals surface area contributed by atoms with Crippen molar-refractivity contribution in [3.8, 4) is 0 Å². The molecule has 19 heavy (non-hydrogen) atoms. The predicted molar refractivity (Wildman–Crippen MR) is 74.3 cm³/mol. The predicted octanol–water partition coefficient (Wildman–Crippen LogP) is 1.46. The Bertz CT molecular complexity index is 423. The molecule has 1 fully saturated rings. The lowest BCUT2D eigenvalue weighted by atomic mass is 10.0. The third-order valence-electron chi connectivity index (χ3n) is 3.45. The zero-order valence-corrected chi connectivity index (χ0v) is 11.8. The van der Waals surface area contributed by atoms with Gasteiger partial charge >= 0.3 is 0 Å². The van der Waals surface area contributed by atoms with Gasteiger partial charge in [-0.2, -0.15) is 0 Å². The van der Waals surface area contributed by atoms with Gasteiger partial charge in [-0.05, 0) is 25.2 Å². The third-order valence-corrected chi connectivity index (χ3v) is 3.45. The fraction of sp³-hybridized carbons (Fsp3) is 0.714. The van der Waals surface area contributed by atoms with Crippen LogP contribution in [0.5, 0.6) is 0 Å². The highest BCUT2D eigenvalue weighted by molar-refractivity contribution is 5.80. The molecule has 0 aromatic carbocycles. The van der Waals surface area contributed by atoms with Crippen molar-refractivity contribution >= 4 is 5.91 Å². The fourth-order valence-corrected chi connectivity index (χ4v) is 2.24. The van der Waals surface area contributed by atoms with Crippen LogP contribution in [0.4, 0.5) is 0 Å². The van der Waals surface area contributed by atoms with E-state index >= 15 is 0 Å². The van der Waals surface area contributed by atoms with E-state index in [-0.39, 0.29) is 17.9 Å². The summed E-state index contributed by atoms with van der Waals surface area (Å²) >= 11 is 0. The molecule has 0 radical (unpaired) electrons. The van der Waals surface area contributed by atoms with Gasteiger partial charge in [0, 0.05) is 31.2 Å². The van der Waals surface area contributed by atoms with Crippen molar-refractivity contribution in [3.63, 3.8) is 0 Å². The summed E-state index contributed by atoms with van der Waals surface area (Å²) in [7, 11) is 0. The lowest BCUT2D eigenvalue weighted by Gasteiger charge is -2.16. The van der Waals surface area contributed by atoms with Crippen LogP contribution in [0.3, 0.4) is 0 Å². The number of imidazole rings is 1. The van der Waals surface area contributed by atoms with Crippen LogP contribution in [-0.4, -0.2) is 22.0 Å². The Hall–Kier alpha value is -1.36. The van der Waals surface area contributed by atoms with Crippen LogP contribution in [-0.2, 0) is 11.3 Å². The Morgan fingerprint density at radius 1 is 1.58 bits per heavy atom. The lowest BCUT2D eigenvalue weighted by Crippen LogP contribution is -2.29. The van der Waals surface area contributed by atoms with Crippen LogP contribution >= 0.6 is 0 Å². The van der Waals surface area contributed by atoms with Crippen LogP contribution in [0.15, 0.2) is 12.5 Å². The molecule has 1 aliphatic rings. The molecule has 1 aliphatic carbocycles. The number of nitrogens with one attached hydrogen (secondary N) is 1. The van der Waals surface area contributed by atoms with Crippen molar-refractivity contribution in [3.05, 3.63) is 18.2 Å². The SMILES string of the molecule is CC(C)CC(N)c1cncn1CCNC(=O)C1CC1. The minimum Gasteiger partial charge on any atom is -0.354 e. The summed E-state index contributed by atoms with van der Waals surface area (Å²) < 4.78 is 2.04. The first-order chi connectivity index (χ1) is 9.08. The molecule has 3 N–H and O–H groups in total. The molecule has 1 amide bonds. The second-order valence-corrected chi connectivity index (χ2v) is 5.81. The molecule has 0 spiro atoms. The summed E-state index contributed by atoms with van der Waals surface area (Å²) in [6.07, 6.45) is 6.65. The number of hydrogen-bond acceptors (Lipinski definition) is 3. The third kappa shape index (κ3) is 4.06. The minimum atomic E-state index is 0.0154. The summed E-state index contributed by atoms with van der Waals surface area (Å²) in [6, 6.07) is 0.0154. The topological polar surface area (TPSA) is 72.9 Å². The molecule has 0 aliphatic heterocycles. The molecule has 1 unspecified atom stereocenters. The van der Waals surface area contributed by atoms with Gasteiger partial charge in [-0.15, -0.1) is 0 Å². The molecule has 1 saturated carbocycles. The quantitative estimate of drug-likeness (QED) is 0.783. The largest absolute Gasteiger partial charge is 0.354 e. The van der Waals surface area contributed by atoms with E-state index in [1.165, 1.54) is 0 Å². The smallest absolute Gasteiger partial charge is 0.223 e. The van der Waals surface area contributed by atoms with Crippen LogP contribution < -0.4 is 11.1 Å². The molecule has 0 bridgehead atoms. The second-order valence-electron chi connectivity index (χ2n) is 5.81. The minimum absolute atomic E-state index is 0.0154. The van der Waals surface area contributed by atoms with E-state index in [2.05, 4.69) is 24.1 Å². The summed E-state index contributed by atoms with van der Waals surface area (Å²) in [5.41, 5.74) is 7.23. The Morgan fingerprint density at radius 2 is 2.32 bits per heavy atom. The van der Waals surface area contributed by atoms with Gasteiger partial charge in [0.1, 0.15) is 0 Å². The first-order valence-corrected chi connectivity index (χ1v) is 7.11. The first-order valence-electron chi connectivity index (χ1n) is 7.11. The summed E-state index contributed by atoms with van der Waals surface area (Å²) in [6.45, 7) is 5.71. The maximum Gasteiger partial charge on any atom is 0.223 e. The number of nitrogens with zero attached hydrogens (tertiary/aromatic N) is 2. The van der Waals surface area contributed by atoms with Crippen molar-refractivity contribution in [2.45, 2.75) is 45.7 Å². The highest BCUT2D eigenvalue weighted by atomic mass is 16.2. The number of amides is 1. The van der Waals surface area contributed by atoms with Crippen LogP contribution in [0.1, 0.15) is 44.8 Å². The normalized spacial score (nSPS) is 16.6. The molecule has 0 saturated heterocycles. The van der Waals surface area contributed by atoms with Gasteiger partial charge in [0.15, 0.2) is 0 Å². The van der Waals surface area contributed by atoms with E-state index in [1.807, 2.05) is 10.8 Å². The van der Waals surface area contributed by atoms with Gasteiger partial charge in [0.05, 0.1) is 12.0 Å². The van der Waals surface area contributed by atoms with E-state index in [0.717, 1.165) is 31.5 Å². The number of carbonyl (C=O) groups excluding carboxylic acids is 1. The van der Waals surface area contributed by atoms with Crippen LogP contribution in [0.25, 0.3) is 0 Å². The van der Waals surface area contributed by atoms with E-state index in [0.29, 0.717) is 12.5 Å². The number of rotatable bonds is 7. The number of carbonyl (C=O) groups is 1. The van der Waals surface area contributed by atoms with Gasteiger partial charge < -0.3 is 15.6 Å². The Morgan fingerprint density at radius 3 is 2.95 bits per heavy atom. The Kier molecular flexibility index (Phi) is 4.58. The summed E-state index contributed by atoms with van der Waals surface area (Å²) in [4.78, 5) is 15.7. The second kappa shape index (κ2) is 6.19. The van der Waals surface area contributed by atoms with Gasteiger partial charge in [-0.3, -0.25) is 4.79 Å². The maximum atomic E-state index is 11.5. The number of nitrogens with two attached hydrogens (primary N) is 1. The van der Waals surface area contributed by atoms with E-state index in [9.17, 15) is 4.79 Å². The molecule has 1 heterocycles. The average Bonchev–Trinajstić information content (AvgIpc) is 3.08. The highest BCUT2D eigenvalue weighted by Gasteiger charge is 2.29. The molecule has 2 rings (SSSR count). The summed E-state index contributed by atoms with van der Waals surface area (Å²) in [5.74, 6) is 1.02. The standard InChI is InChI=1S/C14H24N4O/c1-10(2)7-12(15)13-8-16-9-18(13)6-5-17-14(19)11-3-4-11/h8-12H,3-7,15H2,1-2H3,(H,17,19). The van der Waals surface area contributed by atoms with E-state index in [1.54, 1.807) is 6.33 Å². The molecule has 5 heteroatoms. The molecular weight excluding hydrogens is 240 g/mol. The van der Waals surface area contributed by atoms with Gasteiger partial charge in [-0.1, -0.05) is 13.8 Å². The van der Waals surface area contributed by atoms with Crippen molar-refractivity contribution in [1.82, 2.24) is 14.9 Å². The van der Waals surface area contributed by atoms with Gasteiger partial charge in [-0.25, -0.2) is 4.98 Å². The monoisotopic (exact) mass is 264 g/mol. The number of aromatic nitrogens is 2. The zero-order valence-electron chi connectivity index (χ0n) is 11.8. The van der Waals surface area contributed by atoms with Crippen LogP contribution in [0, 0.1) is 11.8 Å².